The summed E-state index contributed by atoms with van der Waals surface area (Å²) in [6.45, 7) is 1.86. The van der Waals surface area contributed by atoms with Crippen LogP contribution in [0.15, 0.2) is 78.5 Å². The van der Waals surface area contributed by atoms with Gasteiger partial charge in [0.2, 0.25) is 0 Å². The Morgan fingerprint density at radius 1 is 1.00 bits per heavy atom. The number of rotatable bonds is 6. The lowest BCUT2D eigenvalue weighted by Crippen LogP contribution is -2.30. The SMILES string of the molecule is Cc1cccc(C(=O)N/C(=C\c2ccc([N+](=O)[O-])cc2)C(=O)Nc2ccc(Cl)cc2)c1. The van der Waals surface area contributed by atoms with Gasteiger partial charge in [-0.3, -0.25) is 19.7 Å². The van der Waals surface area contributed by atoms with Crippen LogP contribution in [0.5, 0.6) is 0 Å². The van der Waals surface area contributed by atoms with Crippen LogP contribution in [0.1, 0.15) is 21.5 Å². The van der Waals surface area contributed by atoms with Gasteiger partial charge >= 0.3 is 0 Å². The van der Waals surface area contributed by atoms with Gasteiger partial charge < -0.3 is 10.6 Å². The first-order valence-electron chi connectivity index (χ1n) is 9.23. The van der Waals surface area contributed by atoms with Gasteiger partial charge in [-0.25, -0.2) is 0 Å². The van der Waals surface area contributed by atoms with Gasteiger partial charge in [0, 0.05) is 28.4 Å². The van der Waals surface area contributed by atoms with Crippen molar-refractivity contribution in [2.75, 3.05) is 5.32 Å². The number of hydrogen-bond donors (Lipinski definition) is 2. The van der Waals surface area contributed by atoms with Gasteiger partial charge in [-0.2, -0.15) is 0 Å². The van der Waals surface area contributed by atoms with Crippen LogP contribution in [0.4, 0.5) is 11.4 Å². The summed E-state index contributed by atoms with van der Waals surface area (Å²) < 4.78 is 0. The normalized spacial score (nSPS) is 11.0. The van der Waals surface area contributed by atoms with E-state index in [1.165, 1.54) is 30.3 Å². The quantitative estimate of drug-likeness (QED) is 0.324. The molecule has 0 heterocycles. The zero-order valence-electron chi connectivity index (χ0n) is 16.5. The molecule has 0 aliphatic carbocycles. The highest BCUT2D eigenvalue weighted by Gasteiger charge is 2.16. The lowest BCUT2D eigenvalue weighted by Gasteiger charge is -2.12. The number of benzene rings is 3. The van der Waals surface area contributed by atoms with Crippen molar-refractivity contribution in [1.29, 1.82) is 0 Å². The topological polar surface area (TPSA) is 101 Å². The number of aryl methyl sites for hydroxylation is 1. The van der Waals surface area contributed by atoms with Crippen LogP contribution in [0.25, 0.3) is 6.08 Å². The maximum atomic E-state index is 12.9. The molecule has 156 valence electrons. The average Bonchev–Trinajstić information content (AvgIpc) is 2.75. The molecule has 2 N–H and O–H groups in total. The molecule has 0 radical (unpaired) electrons. The molecule has 31 heavy (non-hydrogen) atoms. The monoisotopic (exact) mass is 435 g/mol. The zero-order valence-corrected chi connectivity index (χ0v) is 17.2. The van der Waals surface area contributed by atoms with E-state index in [0.717, 1.165) is 5.56 Å². The molecule has 0 saturated heterocycles. The Bertz CT molecular complexity index is 1160. The molecule has 0 saturated carbocycles. The summed E-state index contributed by atoms with van der Waals surface area (Å²) in [5.74, 6) is -1.01. The van der Waals surface area contributed by atoms with Gasteiger partial charge in [-0.05, 0) is 67.1 Å². The molecule has 0 aromatic heterocycles. The van der Waals surface area contributed by atoms with Crippen LogP contribution < -0.4 is 10.6 Å². The number of nitro benzene ring substituents is 1. The third-order valence-corrected chi connectivity index (χ3v) is 4.54. The molecule has 0 bridgehead atoms. The number of hydrogen-bond acceptors (Lipinski definition) is 4. The molecule has 0 aliphatic heterocycles. The highest BCUT2D eigenvalue weighted by Crippen LogP contribution is 2.17. The third kappa shape index (κ3) is 6.01. The molecule has 0 atom stereocenters. The Morgan fingerprint density at radius 3 is 2.29 bits per heavy atom. The molecule has 3 rings (SSSR count). The summed E-state index contributed by atoms with van der Waals surface area (Å²) in [4.78, 5) is 35.9. The number of non-ortho nitro benzene ring substituents is 1. The number of halogens is 1. The number of nitrogens with one attached hydrogen (secondary N) is 2. The van der Waals surface area contributed by atoms with Gasteiger partial charge in [0.1, 0.15) is 5.70 Å². The number of anilines is 1. The summed E-state index contributed by atoms with van der Waals surface area (Å²) in [6, 6.07) is 19.1. The van der Waals surface area contributed by atoms with E-state index < -0.39 is 16.7 Å². The number of amides is 2. The second kappa shape index (κ2) is 9.69. The number of nitro groups is 1. The first-order valence-corrected chi connectivity index (χ1v) is 9.61. The lowest BCUT2D eigenvalue weighted by atomic mass is 10.1. The molecule has 0 fully saturated rings. The van der Waals surface area contributed by atoms with E-state index in [1.54, 1.807) is 42.5 Å². The fourth-order valence-corrected chi connectivity index (χ4v) is 2.86. The molecule has 0 unspecified atom stereocenters. The van der Waals surface area contributed by atoms with Crippen molar-refractivity contribution in [3.8, 4) is 0 Å². The molecular weight excluding hydrogens is 418 g/mol. The summed E-state index contributed by atoms with van der Waals surface area (Å²) >= 11 is 5.87. The summed E-state index contributed by atoms with van der Waals surface area (Å²) in [7, 11) is 0. The largest absolute Gasteiger partial charge is 0.321 e. The number of nitrogens with zero attached hydrogens (tertiary/aromatic N) is 1. The lowest BCUT2D eigenvalue weighted by molar-refractivity contribution is -0.384. The van der Waals surface area contributed by atoms with Gasteiger partial charge in [-0.1, -0.05) is 29.3 Å². The third-order valence-electron chi connectivity index (χ3n) is 4.29. The van der Waals surface area contributed by atoms with E-state index in [1.807, 2.05) is 13.0 Å². The number of carbonyl (C=O) groups is 2. The molecule has 0 spiro atoms. The van der Waals surface area contributed by atoms with Gasteiger partial charge in [-0.15, -0.1) is 0 Å². The maximum Gasteiger partial charge on any atom is 0.272 e. The Balaban J connectivity index is 1.90. The first-order chi connectivity index (χ1) is 14.8. The van der Waals surface area contributed by atoms with Crippen molar-refractivity contribution in [1.82, 2.24) is 5.32 Å². The minimum absolute atomic E-state index is 0.0182. The van der Waals surface area contributed by atoms with E-state index in [4.69, 9.17) is 11.6 Å². The van der Waals surface area contributed by atoms with Crippen LogP contribution >= 0.6 is 11.6 Å². The second-order valence-corrected chi connectivity index (χ2v) is 7.13. The minimum Gasteiger partial charge on any atom is -0.321 e. The summed E-state index contributed by atoms with van der Waals surface area (Å²) in [5.41, 5.74) is 2.21. The van der Waals surface area contributed by atoms with Crippen molar-refractivity contribution >= 4 is 40.9 Å². The summed E-state index contributed by atoms with van der Waals surface area (Å²) in [5, 5.41) is 16.7. The number of carbonyl (C=O) groups excluding carboxylic acids is 2. The molecule has 2 amide bonds. The molecule has 0 aliphatic rings. The summed E-state index contributed by atoms with van der Waals surface area (Å²) in [6.07, 6.45) is 1.45. The van der Waals surface area contributed by atoms with Crippen molar-refractivity contribution in [2.24, 2.45) is 0 Å². The minimum atomic E-state index is -0.554. The maximum absolute atomic E-state index is 12.9. The predicted octanol–water partition coefficient (Wildman–Crippen LogP) is 4.97. The van der Waals surface area contributed by atoms with Crippen LogP contribution in [0.2, 0.25) is 5.02 Å². The Hall–Kier alpha value is -3.97. The van der Waals surface area contributed by atoms with Gasteiger partial charge in [0.25, 0.3) is 17.5 Å². The van der Waals surface area contributed by atoms with Crippen molar-refractivity contribution < 1.29 is 14.5 Å². The second-order valence-electron chi connectivity index (χ2n) is 6.69. The van der Waals surface area contributed by atoms with Crippen LogP contribution in [-0.2, 0) is 4.79 Å². The highest BCUT2D eigenvalue weighted by atomic mass is 35.5. The van der Waals surface area contributed by atoms with Crippen molar-refractivity contribution in [3.05, 3.63) is 110 Å². The zero-order chi connectivity index (χ0) is 22.4. The molecule has 8 heteroatoms. The van der Waals surface area contributed by atoms with E-state index in [0.29, 0.717) is 21.8 Å². The standard InChI is InChI=1S/C23H18ClN3O4/c1-15-3-2-4-17(13-15)22(28)26-21(14-16-5-11-20(12-6-16)27(30)31)23(29)25-19-9-7-18(24)8-10-19/h2-14H,1H3,(H,25,29)(H,26,28)/b21-14-. The van der Waals surface area contributed by atoms with Crippen molar-refractivity contribution in [3.63, 3.8) is 0 Å². The van der Waals surface area contributed by atoms with Crippen LogP contribution in [0, 0.1) is 17.0 Å². The van der Waals surface area contributed by atoms with Crippen LogP contribution in [-0.4, -0.2) is 16.7 Å². The van der Waals surface area contributed by atoms with E-state index in [-0.39, 0.29) is 11.4 Å². The molecule has 3 aromatic carbocycles. The fourth-order valence-electron chi connectivity index (χ4n) is 2.73. The Labute approximate surface area is 183 Å². The van der Waals surface area contributed by atoms with Gasteiger partial charge in [0.15, 0.2) is 0 Å². The van der Waals surface area contributed by atoms with Crippen molar-refractivity contribution in [2.45, 2.75) is 6.92 Å². The van der Waals surface area contributed by atoms with E-state index >= 15 is 0 Å². The fraction of sp³-hybridized carbons (Fsp3) is 0.0435. The smallest absolute Gasteiger partial charge is 0.272 e. The molecule has 7 nitrogen and oxygen atoms in total. The van der Waals surface area contributed by atoms with Gasteiger partial charge in [0.05, 0.1) is 4.92 Å². The molecule has 3 aromatic rings. The van der Waals surface area contributed by atoms with E-state index in [2.05, 4.69) is 10.6 Å². The Kier molecular flexibility index (Phi) is 6.79. The Morgan fingerprint density at radius 2 is 1.68 bits per heavy atom. The predicted molar refractivity (Wildman–Crippen MR) is 120 cm³/mol. The highest BCUT2D eigenvalue weighted by molar-refractivity contribution is 6.30. The van der Waals surface area contributed by atoms with Crippen LogP contribution in [0.3, 0.4) is 0 Å². The first kappa shape index (κ1) is 21.7. The average molecular weight is 436 g/mol. The van der Waals surface area contributed by atoms with E-state index in [9.17, 15) is 19.7 Å². The molecular formula is C23H18ClN3O4.